The van der Waals surface area contributed by atoms with E-state index in [0.29, 0.717) is 22.0 Å². The summed E-state index contributed by atoms with van der Waals surface area (Å²) in [5.74, 6) is 0.128. The molecule has 0 bridgehead atoms. The van der Waals surface area contributed by atoms with Crippen LogP contribution in [0.3, 0.4) is 0 Å². The minimum Gasteiger partial charge on any atom is -0.496 e. The summed E-state index contributed by atoms with van der Waals surface area (Å²) < 4.78 is 5.35. The van der Waals surface area contributed by atoms with Crippen molar-refractivity contribution in [2.24, 2.45) is 0 Å². The van der Waals surface area contributed by atoms with Gasteiger partial charge in [0.2, 0.25) is 5.91 Å². The van der Waals surface area contributed by atoms with Crippen LogP contribution in [0.4, 0.5) is 5.69 Å². The average molecular weight is 339 g/mol. The van der Waals surface area contributed by atoms with Crippen LogP contribution in [0.15, 0.2) is 12.1 Å². The van der Waals surface area contributed by atoms with Crippen LogP contribution in [0.25, 0.3) is 0 Å². The topological polar surface area (TPSA) is 58.6 Å². The monoisotopic (exact) mass is 338 g/mol. The second kappa shape index (κ2) is 7.68. The zero-order chi connectivity index (χ0) is 17.0. The largest absolute Gasteiger partial charge is 0.496 e. The molecule has 1 saturated heterocycles. The predicted molar refractivity (Wildman–Crippen MR) is 91.3 cm³/mol. The first-order valence-corrected chi connectivity index (χ1v) is 8.31. The third-order valence-electron chi connectivity index (χ3n) is 4.19. The highest BCUT2D eigenvalue weighted by atomic mass is 35.5. The average Bonchev–Trinajstić information content (AvgIpc) is 2.55. The number of benzene rings is 1. The number of hydrogen-bond donors (Lipinski definition) is 1. The standard InChI is InChI=1S/C17H23ClN2O3/c1-4-12-7-5-6-8-20(12)17(22)13-9-14(18)15(19-11(2)21)10-16(13)23-3/h9-10,12H,4-8H2,1-3H3,(H,19,21). The van der Waals surface area contributed by atoms with Crippen LogP contribution in [0, 0.1) is 0 Å². The number of carbonyl (C=O) groups excluding carboxylic acids is 2. The van der Waals surface area contributed by atoms with E-state index in [2.05, 4.69) is 12.2 Å². The molecule has 6 heteroatoms. The molecule has 0 aliphatic carbocycles. The summed E-state index contributed by atoms with van der Waals surface area (Å²) in [6.45, 7) is 4.26. The Bertz CT molecular complexity index is 604. The number of nitrogens with zero attached hydrogens (tertiary/aromatic N) is 1. The van der Waals surface area contributed by atoms with Crippen LogP contribution < -0.4 is 10.1 Å². The van der Waals surface area contributed by atoms with Crippen molar-refractivity contribution in [2.75, 3.05) is 19.0 Å². The van der Waals surface area contributed by atoms with Crippen LogP contribution in [0.5, 0.6) is 5.75 Å². The fourth-order valence-corrected chi connectivity index (χ4v) is 3.23. The van der Waals surface area contributed by atoms with Gasteiger partial charge < -0.3 is 15.0 Å². The van der Waals surface area contributed by atoms with E-state index in [1.165, 1.54) is 14.0 Å². The van der Waals surface area contributed by atoms with Gasteiger partial charge in [-0.3, -0.25) is 9.59 Å². The number of rotatable bonds is 4. The van der Waals surface area contributed by atoms with E-state index in [9.17, 15) is 9.59 Å². The SMILES string of the molecule is CCC1CCCCN1C(=O)c1cc(Cl)c(NC(C)=O)cc1OC. The van der Waals surface area contributed by atoms with E-state index >= 15 is 0 Å². The molecule has 2 amide bonds. The summed E-state index contributed by atoms with van der Waals surface area (Å²) in [5.41, 5.74) is 0.880. The van der Waals surface area contributed by atoms with Gasteiger partial charge in [-0.25, -0.2) is 0 Å². The van der Waals surface area contributed by atoms with E-state index in [0.717, 1.165) is 32.2 Å². The highest BCUT2D eigenvalue weighted by molar-refractivity contribution is 6.34. The normalized spacial score (nSPS) is 17.7. The number of methoxy groups -OCH3 is 1. The van der Waals surface area contributed by atoms with Gasteiger partial charge >= 0.3 is 0 Å². The molecule has 1 aromatic carbocycles. The fraction of sp³-hybridized carbons (Fsp3) is 0.529. The maximum absolute atomic E-state index is 12.9. The van der Waals surface area contributed by atoms with Crippen molar-refractivity contribution in [1.29, 1.82) is 0 Å². The number of carbonyl (C=O) groups is 2. The molecule has 1 aromatic rings. The number of halogens is 1. The summed E-state index contributed by atoms with van der Waals surface area (Å²) in [5, 5.41) is 2.97. The quantitative estimate of drug-likeness (QED) is 0.910. The van der Waals surface area contributed by atoms with E-state index in [-0.39, 0.29) is 17.9 Å². The van der Waals surface area contributed by atoms with Crippen molar-refractivity contribution in [3.8, 4) is 5.75 Å². The first-order chi connectivity index (χ1) is 11.0. The Balaban J connectivity index is 2.35. The molecular weight excluding hydrogens is 316 g/mol. The van der Waals surface area contributed by atoms with Crippen molar-refractivity contribution in [3.05, 3.63) is 22.7 Å². The van der Waals surface area contributed by atoms with Crippen molar-refractivity contribution >= 4 is 29.1 Å². The van der Waals surface area contributed by atoms with Gasteiger partial charge in [0.15, 0.2) is 0 Å². The molecule has 126 valence electrons. The first kappa shape index (κ1) is 17.6. The Morgan fingerprint density at radius 3 is 2.74 bits per heavy atom. The van der Waals surface area contributed by atoms with Gasteiger partial charge in [-0.15, -0.1) is 0 Å². The molecular formula is C17H23ClN2O3. The van der Waals surface area contributed by atoms with Crippen LogP contribution in [-0.4, -0.2) is 36.4 Å². The number of nitrogens with one attached hydrogen (secondary N) is 1. The Kier molecular flexibility index (Phi) is 5.88. The maximum atomic E-state index is 12.9. The third-order valence-corrected chi connectivity index (χ3v) is 4.50. The Morgan fingerprint density at radius 1 is 1.39 bits per heavy atom. The lowest BCUT2D eigenvalue weighted by Crippen LogP contribution is -2.43. The molecule has 2 rings (SSSR count). The van der Waals surface area contributed by atoms with Gasteiger partial charge in [0.1, 0.15) is 5.75 Å². The number of hydrogen-bond acceptors (Lipinski definition) is 3. The van der Waals surface area contributed by atoms with Gasteiger partial charge in [-0.1, -0.05) is 18.5 Å². The molecule has 1 atom stereocenters. The van der Waals surface area contributed by atoms with Gasteiger partial charge in [0, 0.05) is 25.6 Å². The number of likely N-dealkylation sites (tertiary alicyclic amines) is 1. The highest BCUT2D eigenvalue weighted by Crippen LogP contribution is 2.33. The van der Waals surface area contributed by atoms with Gasteiger partial charge in [0.05, 0.1) is 23.4 Å². The number of anilines is 1. The highest BCUT2D eigenvalue weighted by Gasteiger charge is 2.28. The van der Waals surface area contributed by atoms with Crippen LogP contribution >= 0.6 is 11.6 Å². The summed E-state index contributed by atoms with van der Waals surface area (Å²) in [4.78, 5) is 26.1. The summed E-state index contributed by atoms with van der Waals surface area (Å²) in [6.07, 6.45) is 4.14. The second-order valence-electron chi connectivity index (χ2n) is 5.77. The van der Waals surface area contributed by atoms with E-state index < -0.39 is 0 Å². The molecule has 1 unspecified atom stereocenters. The van der Waals surface area contributed by atoms with Gasteiger partial charge in [-0.05, 0) is 31.7 Å². The second-order valence-corrected chi connectivity index (χ2v) is 6.18. The van der Waals surface area contributed by atoms with Crippen LogP contribution in [0.1, 0.15) is 49.9 Å². The molecule has 23 heavy (non-hydrogen) atoms. The molecule has 5 nitrogen and oxygen atoms in total. The molecule has 1 fully saturated rings. The minimum atomic E-state index is -0.227. The van der Waals surface area contributed by atoms with Crippen molar-refractivity contribution in [1.82, 2.24) is 4.90 Å². The van der Waals surface area contributed by atoms with E-state index in [4.69, 9.17) is 16.3 Å². The summed E-state index contributed by atoms with van der Waals surface area (Å²) in [7, 11) is 1.51. The lowest BCUT2D eigenvalue weighted by atomic mass is 9.98. The van der Waals surface area contributed by atoms with Crippen molar-refractivity contribution in [2.45, 2.75) is 45.6 Å². The lowest BCUT2D eigenvalue weighted by molar-refractivity contribution is -0.114. The summed E-state index contributed by atoms with van der Waals surface area (Å²) in [6, 6.07) is 3.44. The fourth-order valence-electron chi connectivity index (χ4n) is 3.02. The summed E-state index contributed by atoms with van der Waals surface area (Å²) >= 11 is 6.21. The molecule has 0 spiro atoms. The smallest absolute Gasteiger partial charge is 0.257 e. The molecule has 0 radical (unpaired) electrons. The molecule has 1 N–H and O–H groups in total. The Labute approximate surface area is 141 Å². The van der Waals surface area contributed by atoms with E-state index in [1.54, 1.807) is 12.1 Å². The number of amides is 2. The number of ether oxygens (including phenoxy) is 1. The zero-order valence-corrected chi connectivity index (χ0v) is 14.6. The van der Waals surface area contributed by atoms with Gasteiger partial charge in [0.25, 0.3) is 5.91 Å². The molecule has 0 aromatic heterocycles. The lowest BCUT2D eigenvalue weighted by Gasteiger charge is -2.35. The molecule has 1 aliphatic rings. The third kappa shape index (κ3) is 3.96. The van der Waals surface area contributed by atoms with Gasteiger partial charge in [-0.2, -0.15) is 0 Å². The first-order valence-electron chi connectivity index (χ1n) is 7.94. The van der Waals surface area contributed by atoms with Crippen molar-refractivity contribution in [3.63, 3.8) is 0 Å². The molecule has 0 saturated carbocycles. The zero-order valence-electron chi connectivity index (χ0n) is 13.8. The molecule has 1 aliphatic heterocycles. The Hall–Kier alpha value is -1.75. The van der Waals surface area contributed by atoms with E-state index in [1.807, 2.05) is 4.90 Å². The van der Waals surface area contributed by atoms with Crippen molar-refractivity contribution < 1.29 is 14.3 Å². The Morgan fingerprint density at radius 2 is 2.13 bits per heavy atom. The predicted octanol–water partition coefficient (Wildman–Crippen LogP) is 3.71. The number of piperidine rings is 1. The van der Waals surface area contributed by atoms with Crippen LogP contribution in [-0.2, 0) is 4.79 Å². The minimum absolute atomic E-state index is 0.0651. The maximum Gasteiger partial charge on any atom is 0.257 e. The molecule has 1 heterocycles. The van der Waals surface area contributed by atoms with Crippen LogP contribution in [0.2, 0.25) is 5.02 Å².